The summed E-state index contributed by atoms with van der Waals surface area (Å²) in [6.45, 7) is 2.43. The molecule has 0 spiro atoms. The normalized spacial score (nSPS) is 18.7. The molecule has 0 bridgehead atoms. The second-order valence-electron chi connectivity index (χ2n) is 7.24. The number of halogens is 1. The SMILES string of the molecule is O=C(c1ccc(NC2CCCOc3c(Cl)cccc32)c([N+](=O)[O-])c1)N1CCOCC1. The Morgan fingerprint density at radius 2 is 2.00 bits per heavy atom. The van der Waals surface area contributed by atoms with Crippen molar-refractivity contribution in [3.05, 3.63) is 62.7 Å². The van der Waals surface area contributed by atoms with E-state index in [9.17, 15) is 14.9 Å². The van der Waals surface area contributed by atoms with Gasteiger partial charge in [0, 0.05) is 30.3 Å². The number of rotatable bonds is 4. The molecule has 2 aromatic carbocycles. The van der Waals surface area contributed by atoms with E-state index in [-0.39, 0.29) is 17.6 Å². The van der Waals surface area contributed by atoms with Crippen LogP contribution in [0.4, 0.5) is 11.4 Å². The fourth-order valence-electron chi connectivity index (χ4n) is 3.79. The van der Waals surface area contributed by atoms with E-state index in [1.165, 1.54) is 6.07 Å². The zero-order valence-electron chi connectivity index (χ0n) is 16.3. The van der Waals surface area contributed by atoms with Crippen molar-refractivity contribution in [1.82, 2.24) is 4.90 Å². The van der Waals surface area contributed by atoms with Crippen molar-refractivity contribution < 1.29 is 19.2 Å². The van der Waals surface area contributed by atoms with Gasteiger partial charge in [-0.15, -0.1) is 0 Å². The summed E-state index contributed by atoms with van der Waals surface area (Å²) in [7, 11) is 0. The highest BCUT2D eigenvalue weighted by atomic mass is 35.5. The number of nitro benzene ring substituents is 1. The molecule has 158 valence electrons. The number of carbonyl (C=O) groups excluding carboxylic acids is 1. The first kappa shape index (κ1) is 20.4. The summed E-state index contributed by atoms with van der Waals surface area (Å²) in [5, 5.41) is 15.5. The van der Waals surface area contributed by atoms with Gasteiger partial charge in [-0.25, -0.2) is 0 Å². The van der Waals surface area contributed by atoms with Crippen LogP contribution in [0.2, 0.25) is 5.02 Å². The van der Waals surface area contributed by atoms with Crippen molar-refractivity contribution in [2.45, 2.75) is 18.9 Å². The molecule has 0 aliphatic carbocycles. The number of carbonyl (C=O) groups is 1. The van der Waals surface area contributed by atoms with Crippen LogP contribution in [0, 0.1) is 10.1 Å². The monoisotopic (exact) mass is 431 g/mol. The van der Waals surface area contributed by atoms with Gasteiger partial charge >= 0.3 is 0 Å². The van der Waals surface area contributed by atoms with E-state index in [0.717, 1.165) is 18.4 Å². The summed E-state index contributed by atoms with van der Waals surface area (Å²) >= 11 is 6.28. The van der Waals surface area contributed by atoms with Crippen molar-refractivity contribution in [2.24, 2.45) is 0 Å². The van der Waals surface area contributed by atoms with Crippen LogP contribution in [-0.2, 0) is 4.74 Å². The lowest BCUT2D eigenvalue weighted by Gasteiger charge is -2.27. The number of benzene rings is 2. The predicted octanol–water partition coefficient (Wildman–Crippen LogP) is 4.05. The molecule has 1 unspecified atom stereocenters. The number of hydrogen-bond donors (Lipinski definition) is 1. The van der Waals surface area contributed by atoms with Crippen molar-refractivity contribution in [1.29, 1.82) is 0 Å². The second-order valence-corrected chi connectivity index (χ2v) is 7.65. The molecule has 1 fully saturated rings. The lowest BCUT2D eigenvalue weighted by atomic mass is 10.0. The van der Waals surface area contributed by atoms with Gasteiger partial charge in [-0.1, -0.05) is 23.7 Å². The van der Waals surface area contributed by atoms with Crippen LogP contribution in [0.15, 0.2) is 36.4 Å². The largest absolute Gasteiger partial charge is 0.492 e. The summed E-state index contributed by atoms with van der Waals surface area (Å²) < 4.78 is 11.0. The number of nitrogens with one attached hydrogen (secondary N) is 1. The quantitative estimate of drug-likeness (QED) is 0.579. The maximum Gasteiger partial charge on any atom is 0.293 e. The van der Waals surface area contributed by atoms with E-state index in [2.05, 4.69) is 5.32 Å². The molecule has 0 aromatic heterocycles. The molecule has 1 atom stereocenters. The summed E-state index contributed by atoms with van der Waals surface area (Å²) in [4.78, 5) is 25.7. The van der Waals surface area contributed by atoms with Crippen LogP contribution >= 0.6 is 11.6 Å². The Labute approximate surface area is 178 Å². The Kier molecular flexibility index (Phi) is 6.06. The predicted molar refractivity (Wildman–Crippen MR) is 112 cm³/mol. The van der Waals surface area contributed by atoms with Crippen molar-refractivity contribution in [3.8, 4) is 5.75 Å². The molecule has 2 aromatic rings. The van der Waals surface area contributed by atoms with E-state index in [1.54, 1.807) is 23.1 Å². The third-order valence-corrected chi connectivity index (χ3v) is 5.62. The van der Waals surface area contributed by atoms with Crippen LogP contribution in [0.3, 0.4) is 0 Å². The van der Waals surface area contributed by atoms with Gasteiger partial charge in [0.1, 0.15) is 11.4 Å². The number of amides is 1. The van der Waals surface area contributed by atoms with Crippen LogP contribution in [0.5, 0.6) is 5.75 Å². The average molecular weight is 432 g/mol. The Hall–Kier alpha value is -2.84. The van der Waals surface area contributed by atoms with E-state index in [0.29, 0.717) is 54.9 Å². The topological polar surface area (TPSA) is 93.9 Å². The Morgan fingerprint density at radius 1 is 1.20 bits per heavy atom. The van der Waals surface area contributed by atoms with Crippen LogP contribution in [0.1, 0.15) is 34.8 Å². The molecule has 30 heavy (non-hydrogen) atoms. The number of nitro groups is 1. The molecule has 4 rings (SSSR count). The Bertz CT molecular complexity index is 962. The molecule has 1 amide bonds. The smallest absolute Gasteiger partial charge is 0.293 e. The number of fused-ring (bicyclic) bond motifs is 1. The van der Waals surface area contributed by atoms with E-state index in [4.69, 9.17) is 21.1 Å². The number of ether oxygens (including phenoxy) is 2. The van der Waals surface area contributed by atoms with Gasteiger partial charge in [0.05, 0.1) is 35.8 Å². The molecular weight excluding hydrogens is 410 g/mol. The van der Waals surface area contributed by atoms with Gasteiger partial charge in [0.2, 0.25) is 0 Å². The third kappa shape index (κ3) is 4.20. The molecule has 2 aliphatic rings. The number of morpholine rings is 1. The molecule has 0 saturated carbocycles. The van der Waals surface area contributed by atoms with Gasteiger partial charge in [0.15, 0.2) is 0 Å². The number of nitrogens with zero attached hydrogens (tertiary/aromatic N) is 2. The van der Waals surface area contributed by atoms with Crippen LogP contribution in [0.25, 0.3) is 0 Å². The minimum atomic E-state index is -0.468. The summed E-state index contributed by atoms with van der Waals surface area (Å²) in [6.07, 6.45) is 1.52. The van der Waals surface area contributed by atoms with Gasteiger partial charge in [0.25, 0.3) is 11.6 Å². The lowest BCUT2D eigenvalue weighted by Crippen LogP contribution is -2.40. The highest BCUT2D eigenvalue weighted by Crippen LogP contribution is 2.40. The van der Waals surface area contributed by atoms with E-state index >= 15 is 0 Å². The molecule has 2 aliphatic heterocycles. The Balaban J connectivity index is 1.62. The second kappa shape index (κ2) is 8.89. The van der Waals surface area contributed by atoms with E-state index < -0.39 is 4.92 Å². The van der Waals surface area contributed by atoms with Crippen molar-refractivity contribution in [2.75, 3.05) is 38.2 Å². The van der Waals surface area contributed by atoms with Crippen LogP contribution < -0.4 is 10.1 Å². The van der Waals surface area contributed by atoms with E-state index in [1.807, 2.05) is 12.1 Å². The minimum absolute atomic E-state index is 0.136. The Morgan fingerprint density at radius 3 is 2.77 bits per heavy atom. The molecule has 0 radical (unpaired) electrons. The summed E-state index contributed by atoms with van der Waals surface area (Å²) in [5.74, 6) is 0.379. The average Bonchev–Trinajstić information content (AvgIpc) is 2.97. The highest BCUT2D eigenvalue weighted by Gasteiger charge is 2.26. The molecule has 9 heteroatoms. The summed E-state index contributed by atoms with van der Waals surface area (Å²) in [6, 6.07) is 9.88. The third-order valence-electron chi connectivity index (χ3n) is 5.33. The maximum atomic E-state index is 12.7. The maximum absolute atomic E-state index is 12.7. The van der Waals surface area contributed by atoms with Gasteiger partial charge in [-0.3, -0.25) is 14.9 Å². The number of anilines is 1. The molecule has 1 N–H and O–H groups in total. The van der Waals surface area contributed by atoms with Gasteiger partial charge in [-0.05, 0) is 31.0 Å². The molecule has 8 nitrogen and oxygen atoms in total. The van der Waals surface area contributed by atoms with Crippen molar-refractivity contribution >= 4 is 28.9 Å². The first-order chi connectivity index (χ1) is 14.5. The number of para-hydroxylation sites is 1. The lowest BCUT2D eigenvalue weighted by molar-refractivity contribution is -0.384. The van der Waals surface area contributed by atoms with Crippen LogP contribution in [-0.4, -0.2) is 48.6 Å². The molecule has 1 saturated heterocycles. The van der Waals surface area contributed by atoms with Crippen molar-refractivity contribution in [3.63, 3.8) is 0 Å². The minimum Gasteiger partial charge on any atom is -0.492 e. The first-order valence-corrected chi connectivity index (χ1v) is 10.3. The van der Waals surface area contributed by atoms with Gasteiger partial charge in [-0.2, -0.15) is 0 Å². The van der Waals surface area contributed by atoms with Gasteiger partial charge < -0.3 is 19.7 Å². The zero-order valence-corrected chi connectivity index (χ0v) is 17.1. The fourth-order valence-corrected chi connectivity index (χ4v) is 4.03. The highest BCUT2D eigenvalue weighted by molar-refractivity contribution is 6.32. The zero-order chi connectivity index (χ0) is 21.1. The summed E-state index contributed by atoms with van der Waals surface area (Å²) in [5.41, 5.74) is 1.38. The first-order valence-electron chi connectivity index (χ1n) is 9.88. The standard InChI is InChI=1S/C21H22ClN3O5/c22-16-4-1-3-15-17(5-2-10-30-20(15)16)23-18-7-6-14(13-19(18)25(27)28)21(26)24-8-11-29-12-9-24/h1,3-4,6-7,13,17,23H,2,5,8-12H2. The fraction of sp³-hybridized carbons (Fsp3) is 0.381. The number of hydrogen-bond acceptors (Lipinski definition) is 6. The molecular formula is C21H22ClN3O5. The molecule has 2 heterocycles.